The van der Waals surface area contributed by atoms with Gasteiger partial charge in [-0.3, -0.25) is 9.20 Å². The summed E-state index contributed by atoms with van der Waals surface area (Å²) in [4.78, 5) is 28.3. The number of fused-ring (bicyclic) bond motifs is 1. The highest BCUT2D eigenvalue weighted by Gasteiger charge is 2.28. The number of pyridine rings is 1. The van der Waals surface area contributed by atoms with Gasteiger partial charge in [0.1, 0.15) is 17.4 Å². The lowest BCUT2D eigenvalue weighted by molar-refractivity contribution is -0.140. The van der Waals surface area contributed by atoms with Crippen molar-refractivity contribution >= 4 is 17.5 Å². The van der Waals surface area contributed by atoms with E-state index < -0.39 is 17.9 Å². The van der Waals surface area contributed by atoms with Crippen LogP contribution in [0.4, 0.5) is 0 Å². The zero-order valence-corrected chi connectivity index (χ0v) is 13.3. The number of amides is 1. The van der Waals surface area contributed by atoms with Crippen LogP contribution < -0.4 is 5.32 Å². The molecule has 0 aliphatic carbocycles. The standard InChI is InChI=1S/C16H21N3O3/c1-5-9(2)13(16(21)22)18-15(20)14-11(4)17-12-8-6-7-10(3)19(12)14/h6-9,13H,5H2,1-4H3,(H,18,20)(H,21,22). The fourth-order valence-electron chi connectivity index (χ4n) is 2.53. The molecule has 0 aromatic carbocycles. The molecule has 0 radical (unpaired) electrons. The molecule has 0 saturated carbocycles. The highest BCUT2D eigenvalue weighted by atomic mass is 16.4. The van der Waals surface area contributed by atoms with Crippen LogP contribution in [0.3, 0.4) is 0 Å². The van der Waals surface area contributed by atoms with E-state index in [4.69, 9.17) is 0 Å². The predicted octanol–water partition coefficient (Wildman–Crippen LogP) is 2.18. The molecule has 2 aromatic rings. The zero-order chi connectivity index (χ0) is 16.4. The lowest BCUT2D eigenvalue weighted by atomic mass is 9.99. The molecule has 6 heteroatoms. The average Bonchev–Trinajstić information content (AvgIpc) is 2.81. The van der Waals surface area contributed by atoms with Gasteiger partial charge in [0.05, 0.1) is 5.69 Å². The van der Waals surface area contributed by atoms with Crippen molar-refractivity contribution in [3.8, 4) is 0 Å². The Morgan fingerprint density at radius 3 is 2.64 bits per heavy atom. The number of carbonyl (C=O) groups is 2. The second-order valence-electron chi connectivity index (χ2n) is 5.58. The average molecular weight is 303 g/mol. The Kier molecular flexibility index (Phi) is 4.49. The summed E-state index contributed by atoms with van der Waals surface area (Å²) in [6, 6.07) is 4.67. The minimum atomic E-state index is -1.02. The maximum Gasteiger partial charge on any atom is 0.326 e. The highest BCUT2D eigenvalue weighted by molar-refractivity contribution is 5.97. The van der Waals surface area contributed by atoms with Gasteiger partial charge in [-0.1, -0.05) is 26.3 Å². The Hall–Kier alpha value is -2.37. The van der Waals surface area contributed by atoms with Crippen LogP contribution in [0.2, 0.25) is 0 Å². The molecule has 1 amide bonds. The van der Waals surface area contributed by atoms with Crippen molar-refractivity contribution in [2.45, 2.75) is 40.2 Å². The van der Waals surface area contributed by atoms with Gasteiger partial charge in [0.15, 0.2) is 0 Å². The van der Waals surface area contributed by atoms with Crippen LogP contribution in [0.1, 0.15) is 42.1 Å². The normalized spacial score (nSPS) is 13.8. The van der Waals surface area contributed by atoms with E-state index in [1.165, 1.54) is 0 Å². The number of hydrogen-bond acceptors (Lipinski definition) is 3. The van der Waals surface area contributed by atoms with Gasteiger partial charge in [-0.25, -0.2) is 9.78 Å². The van der Waals surface area contributed by atoms with E-state index in [0.717, 1.165) is 5.69 Å². The Balaban J connectivity index is 2.41. The zero-order valence-electron chi connectivity index (χ0n) is 13.3. The van der Waals surface area contributed by atoms with Gasteiger partial charge in [-0.15, -0.1) is 0 Å². The van der Waals surface area contributed by atoms with Gasteiger partial charge in [-0.05, 0) is 31.9 Å². The van der Waals surface area contributed by atoms with Crippen molar-refractivity contribution in [1.82, 2.24) is 14.7 Å². The second kappa shape index (κ2) is 6.17. The fraction of sp³-hybridized carbons (Fsp3) is 0.438. The third kappa shape index (κ3) is 2.81. The molecule has 118 valence electrons. The van der Waals surface area contributed by atoms with Gasteiger partial charge in [0.2, 0.25) is 0 Å². The topological polar surface area (TPSA) is 83.7 Å². The Morgan fingerprint density at radius 1 is 1.36 bits per heavy atom. The first-order valence-corrected chi connectivity index (χ1v) is 7.35. The number of imidazole rings is 1. The maximum atomic E-state index is 12.6. The van der Waals surface area contributed by atoms with Crippen LogP contribution in [0.15, 0.2) is 18.2 Å². The summed E-state index contributed by atoms with van der Waals surface area (Å²) in [5.74, 6) is -1.58. The first-order valence-electron chi connectivity index (χ1n) is 7.35. The molecule has 2 N–H and O–H groups in total. The maximum absolute atomic E-state index is 12.6. The summed E-state index contributed by atoms with van der Waals surface area (Å²) in [5, 5.41) is 12.0. The molecule has 2 unspecified atom stereocenters. The van der Waals surface area contributed by atoms with E-state index in [0.29, 0.717) is 23.5 Å². The monoisotopic (exact) mass is 303 g/mol. The number of aliphatic carboxylic acids is 1. The van der Waals surface area contributed by atoms with Crippen LogP contribution in [0.25, 0.3) is 5.65 Å². The molecule has 6 nitrogen and oxygen atoms in total. The molecular weight excluding hydrogens is 282 g/mol. The van der Waals surface area contributed by atoms with Crippen LogP contribution in [-0.4, -0.2) is 32.4 Å². The van der Waals surface area contributed by atoms with Gasteiger partial charge < -0.3 is 10.4 Å². The van der Waals surface area contributed by atoms with Crippen LogP contribution in [0, 0.1) is 19.8 Å². The number of carbonyl (C=O) groups excluding carboxylic acids is 1. The lowest BCUT2D eigenvalue weighted by Crippen LogP contribution is -2.45. The summed E-state index contributed by atoms with van der Waals surface area (Å²) in [6.45, 7) is 7.34. The minimum absolute atomic E-state index is 0.151. The number of hydrogen-bond donors (Lipinski definition) is 2. The molecule has 0 fully saturated rings. The van der Waals surface area contributed by atoms with E-state index >= 15 is 0 Å². The molecule has 2 aromatic heterocycles. The van der Waals surface area contributed by atoms with Gasteiger partial charge in [0.25, 0.3) is 5.91 Å². The van der Waals surface area contributed by atoms with E-state index in [2.05, 4.69) is 10.3 Å². The van der Waals surface area contributed by atoms with Gasteiger partial charge in [-0.2, -0.15) is 0 Å². The molecule has 2 atom stereocenters. The summed E-state index contributed by atoms with van der Waals surface area (Å²) >= 11 is 0. The number of rotatable bonds is 5. The van der Waals surface area contributed by atoms with Crippen molar-refractivity contribution in [1.29, 1.82) is 0 Å². The predicted molar refractivity (Wildman–Crippen MR) is 83.0 cm³/mol. The third-order valence-corrected chi connectivity index (χ3v) is 3.99. The largest absolute Gasteiger partial charge is 0.480 e. The van der Waals surface area contributed by atoms with Crippen LogP contribution >= 0.6 is 0 Å². The fourth-order valence-corrected chi connectivity index (χ4v) is 2.53. The van der Waals surface area contributed by atoms with E-state index in [9.17, 15) is 14.7 Å². The molecule has 2 heterocycles. The molecule has 0 saturated heterocycles. The third-order valence-electron chi connectivity index (χ3n) is 3.99. The molecule has 2 rings (SSSR count). The first-order chi connectivity index (χ1) is 10.4. The second-order valence-corrected chi connectivity index (χ2v) is 5.58. The molecular formula is C16H21N3O3. The molecule has 0 aliphatic heterocycles. The SMILES string of the molecule is CCC(C)C(NC(=O)c1c(C)nc2cccc(C)n12)C(=O)O. The van der Waals surface area contributed by atoms with E-state index in [-0.39, 0.29) is 5.92 Å². The van der Waals surface area contributed by atoms with Gasteiger partial charge >= 0.3 is 5.97 Å². The van der Waals surface area contributed by atoms with Crippen molar-refractivity contribution in [3.63, 3.8) is 0 Å². The summed E-state index contributed by atoms with van der Waals surface area (Å²) in [6.07, 6.45) is 0.669. The molecule has 22 heavy (non-hydrogen) atoms. The quantitative estimate of drug-likeness (QED) is 0.886. The number of aryl methyl sites for hydroxylation is 2. The first kappa shape index (κ1) is 16.0. The Morgan fingerprint density at radius 2 is 2.05 bits per heavy atom. The molecule has 0 spiro atoms. The van der Waals surface area contributed by atoms with Crippen molar-refractivity contribution < 1.29 is 14.7 Å². The van der Waals surface area contributed by atoms with Crippen molar-refractivity contribution in [2.75, 3.05) is 0 Å². The van der Waals surface area contributed by atoms with Gasteiger partial charge in [0, 0.05) is 5.69 Å². The van der Waals surface area contributed by atoms with Crippen LogP contribution in [-0.2, 0) is 4.79 Å². The van der Waals surface area contributed by atoms with Crippen molar-refractivity contribution in [3.05, 3.63) is 35.3 Å². The lowest BCUT2D eigenvalue weighted by Gasteiger charge is -2.20. The summed E-state index contributed by atoms with van der Waals surface area (Å²) < 4.78 is 1.75. The Bertz CT molecular complexity index is 721. The molecule has 0 aliphatic rings. The number of nitrogens with zero attached hydrogens (tertiary/aromatic N) is 2. The smallest absolute Gasteiger partial charge is 0.326 e. The summed E-state index contributed by atoms with van der Waals surface area (Å²) in [7, 11) is 0. The number of carboxylic acids is 1. The van der Waals surface area contributed by atoms with Crippen LogP contribution in [0.5, 0.6) is 0 Å². The molecule has 0 bridgehead atoms. The van der Waals surface area contributed by atoms with E-state index in [1.807, 2.05) is 39.0 Å². The number of nitrogens with one attached hydrogen (secondary N) is 1. The van der Waals surface area contributed by atoms with E-state index in [1.54, 1.807) is 11.3 Å². The minimum Gasteiger partial charge on any atom is -0.480 e. The highest BCUT2D eigenvalue weighted by Crippen LogP contribution is 2.16. The Labute approximate surface area is 129 Å². The van der Waals surface area contributed by atoms with Crippen molar-refractivity contribution in [2.24, 2.45) is 5.92 Å². The number of aromatic nitrogens is 2. The summed E-state index contributed by atoms with van der Waals surface area (Å²) in [5.41, 5.74) is 2.53. The number of carboxylic acid groups (broad SMARTS) is 1.